The maximum atomic E-state index is 13.8. The first-order chi connectivity index (χ1) is 9.65. The fourth-order valence-electron chi connectivity index (χ4n) is 2.00. The van der Waals surface area contributed by atoms with Gasteiger partial charge in [-0.15, -0.1) is 0 Å². The molecular formula is C15H11BrFN3. The third kappa shape index (κ3) is 2.32. The monoisotopic (exact) mass is 331 g/mol. The summed E-state index contributed by atoms with van der Waals surface area (Å²) >= 11 is 3.41. The summed E-state index contributed by atoms with van der Waals surface area (Å²) in [5.41, 5.74) is 8.10. The number of hydrogen-bond donors (Lipinski definition) is 1. The van der Waals surface area contributed by atoms with Crippen LogP contribution in [-0.2, 0) is 0 Å². The molecule has 0 atom stereocenters. The molecule has 100 valence electrons. The second-order valence-electron chi connectivity index (χ2n) is 4.34. The Morgan fingerprint density at radius 1 is 1.10 bits per heavy atom. The van der Waals surface area contributed by atoms with Gasteiger partial charge in [0.05, 0.1) is 17.6 Å². The molecule has 0 saturated carbocycles. The van der Waals surface area contributed by atoms with Crippen LogP contribution in [0.1, 0.15) is 0 Å². The quantitative estimate of drug-likeness (QED) is 0.770. The van der Waals surface area contributed by atoms with Crippen LogP contribution in [0.2, 0.25) is 0 Å². The van der Waals surface area contributed by atoms with Crippen LogP contribution < -0.4 is 5.73 Å². The van der Waals surface area contributed by atoms with Crippen LogP contribution in [0.5, 0.6) is 0 Å². The average Bonchev–Trinajstić information content (AvgIpc) is 2.81. The molecule has 0 radical (unpaired) electrons. The number of rotatable bonds is 2. The molecule has 5 heteroatoms. The van der Waals surface area contributed by atoms with Crippen LogP contribution in [0.15, 0.2) is 59.2 Å². The topological polar surface area (TPSA) is 43.8 Å². The van der Waals surface area contributed by atoms with Crippen molar-refractivity contribution in [2.45, 2.75) is 0 Å². The van der Waals surface area contributed by atoms with Crippen molar-refractivity contribution in [1.29, 1.82) is 0 Å². The number of halogens is 2. The first-order valence-electron chi connectivity index (χ1n) is 6.01. The van der Waals surface area contributed by atoms with Gasteiger partial charge in [0.25, 0.3) is 0 Å². The number of nitrogens with two attached hydrogens (primary N) is 1. The summed E-state index contributed by atoms with van der Waals surface area (Å²) in [6.45, 7) is 0. The van der Waals surface area contributed by atoms with Crippen LogP contribution >= 0.6 is 15.9 Å². The van der Waals surface area contributed by atoms with E-state index in [9.17, 15) is 4.39 Å². The van der Waals surface area contributed by atoms with Crippen molar-refractivity contribution in [3.63, 3.8) is 0 Å². The lowest BCUT2D eigenvalue weighted by molar-refractivity contribution is 0.630. The molecule has 3 nitrogen and oxygen atoms in total. The zero-order valence-electron chi connectivity index (χ0n) is 10.4. The highest BCUT2D eigenvalue weighted by Gasteiger charge is 2.13. The first kappa shape index (κ1) is 12.9. The highest BCUT2D eigenvalue weighted by Crippen LogP contribution is 2.28. The van der Waals surface area contributed by atoms with Crippen LogP contribution in [0, 0.1) is 5.82 Å². The highest BCUT2D eigenvalue weighted by atomic mass is 79.9. The molecule has 3 rings (SSSR count). The van der Waals surface area contributed by atoms with Crippen LogP contribution in [0.25, 0.3) is 16.9 Å². The maximum absolute atomic E-state index is 13.8. The summed E-state index contributed by atoms with van der Waals surface area (Å²) in [7, 11) is 0. The Bertz CT molecular complexity index is 767. The summed E-state index contributed by atoms with van der Waals surface area (Å²) in [5, 5.41) is 4.38. The highest BCUT2D eigenvalue weighted by molar-refractivity contribution is 9.10. The largest absolute Gasteiger partial charge is 0.396 e. The van der Waals surface area contributed by atoms with E-state index < -0.39 is 0 Å². The Morgan fingerprint density at radius 3 is 2.65 bits per heavy atom. The van der Waals surface area contributed by atoms with Gasteiger partial charge in [-0.2, -0.15) is 5.10 Å². The number of nitrogens with zero attached hydrogens (tertiary/aromatic N) is 2. The maximum Gasteiger partial charge on any atom is 0.132 e. The molecule has 0 unspecified atom stereocenters. The predicted octanol–water partition coefficient (Wildman–Crippen LogP) is 4.02. The molecule has 3 aromatic rings. The van der Waals surface area contributed by atoms with Gasteiger partial charge in [0, 0.05) is 10.0 Å². The normalized spacial score (nSPS) is 10.7. The van der Waals surface area contributed by atoms with E-state index in [0.29, 0.717) is 16.9 Å². The van der Waals surface area contributed by atoms with Crippen molar-refractivity contribution in [3.05, 3.63) is 65.0 Å². The Balaban J connectivity index is 2.10. The van der Waals surface area contributed by atoms with Crippen molar-refractivity contribution < 1.29 is 4.39 Å². The van der Waals surface area contributed by atoms with Crippen LogP contribution in [0.3, 0.4) is 0 Å². The van der Waals surface area contributed by atoms with Crippen molar-refractivity contribution >= 4 is 21.6 Å². The molecule has 2 N–H and O–H groups in total. The van der Waals surface area contributed by atoms with Gasteiger partial charge in [0.15, 0.2) is 0 Å². The lowest BCUT2D eigenvalue weighted by Gasteiger charge is -2.02. The van der Waals surface area contributed by atoms with Gasteiger partial charge in [-0.25, -0.2) is 9.07 Å². The van der Waals surface area contributed by atoms with Crippen molar-refractivity contribution in [2.24, 2.45) is 0 Å². The molecular weight excluding hydrogens is 321 g/mol. The molecule has 1 heterocycles. The van der Waals surface area contributed by atoms with Gasteiger partial charge in [0.1, 0.15) is 11.5 Å². The molecule has 0 amide bonds. The average molecular weight is 332 g/mol. The van der Waals surface area contributed by atoms with Gasteiger partial charge in [-0.3, -0.25) is 0 Å². The van der Waals surface area contributed by atoms with E-state index in [1.165, 1.54) is 6.07 Å². The molecule has 0 aliphatic heterocycles. The third-order valence-electron chi connectivity index (χ3n) is 2.94. The van der Waals surface area contributed by atoms with Crippen LogP contribution in [-0.4, -0.2) is 9.78 Å². The summed E-state index contributed by atoms with van der Waals surface area (Å²) in [4.78, 5) is 0. The number of benzene rings is 2. The molecule has 20 heavy (non-hydrogen) atoms. The van der Waals surface area contributed by atoms with Gasteiger partial charge >= 0.3 is 0 Å². The van der Waals surface area contributed by atoms with E-state index in [-0.39, 0.29) is 5.82 Å². The predicted molar refractivity (Wildman–Crippen MR) is 81.1 cm³/mol. The number of anilines is 1. The van der Waals surface area contributed by atoms with Gasteiger partial charge in [-0.05, 0) is 30.3 Å². The minimum atomic E-state index is -0.335. The molecule has 2 aromatic carbocycles. The van der Waals surface area contributed by atoms with Gasteiger partial charge < -0.3 is 5.73 Å². The zero-order valence-corrected chi connectivity index (χ0v) is 12.0. The Labute approximate surface area is 124 Å². The number of nitrogen functional groups attached to an aromatic ring is 1. The Hall–Kier alpha value is -2.14. The Morgan fingerprint density at radius 2 is 1.90 bits per heavy atom. The zero-order chi connectivity index (χ0) is 14.1. The van der Waals surface area contributed by atoms with E-state index in [4.69, 9.17) is 5.73 Å². The smallest absolute Gasteiger partial charge is 0.132 e. The summed E-state index contributed by atoms with van der Waals surface area (Å²) < 4.78 is 16.4. The second kappa shape index (κ2) is 5.09. The van der Waals surface area contributed by atoms with Crippen molar-refractivity contribution in [3.8, 4) is 16.9 Å². The van der Waals surface area contributed by atoms with Crippen molar-refractivity contribution in [1.82, 2.24) is 9.78 Å². The first-order valence-corrected chi connectivity index (χ1v) is 6.80. The standard InChI is InChI=1S/C15H11BrFN3/c16-10-4-3-5-11(8-10)20-9-14(18)15(19-20)12-6-1-2-7-13(12)17/h1-9H,18H2. The van der Waals surface area contributed by atoms with Gasteiger partial charge in [0.2, 0.25) is 0 Å². The fourth-order valence-corrected chi connectivity index (χ4v) is 2.39. The van der Waals surface area contributed by atoms with E-state index in [1.54, 1.807) is 29.1 Å². The summed E-state index contributed by atoms with van der Waals surface area (Å²) in [6.07, 6.45) is 1.68. The number of aromatic nitrogens is 2. The molecule has 1 aromatic heterocycles. The fraction of sp³-hybridized carbons (Fsp3) is 0. The third-order valence-corrected chi connectivity index (χ3v) is 3.44. The van der Waals surface area contributed by atoms with Crippen LogP contribution in [0.4, 0.5) is 10.1 Å². The lowest BCUT2D eigenvalue weighted by atomic mass is 10.1. The molecule has 0 bridgehead atoms. The minimum Gasteiger partial charge on any atom is -0.396 e. The van der Waals surface area contributed by atoms with E-state index in [0.717, 1.165) is 10.2 Å². The van der Waals surface area contributed by atoms with E-state index >= 15 is 0 Å². The van der Waals surface area contributed by atoms with E-state index in [2.05, 4.69) is 21.0 Å². The van der Waals surface area contributed by atoms with Crippen molar-refractivity contribution in [2.75, 3.05) is 5.73 Å². The Kier molecular flexibility index (Phi) is 3.28. The summed E-state index contributed by atoms with van der Waals surface area (Å²) in [5.74, 6) is -0.335. The lowest BCUT2D eigenvalue weighted by Crippen LogP contribution is -1.95. The second-order valence-corrected chi connectivity index (χ2v) is 5.25. The molecule has 0 saturated heterocycles. The molecule has 0 fully saturated rings. The SMILES string of the molecule is Nc1cn(-c2cccc(Br)c2)nc1-c1ccccc1F. The van der Waals surface area contributed by atoms with Gasteiger partial charge in [-0.1, -0.05) is 34.1 Å². The molecule has 0 aliphatic carbocycles. The minimum absolute atomic E-state index is 0.335. The van der Waals surface area contributed by atoms with E-state index in [1.807, 2.05) is 24.3 Å². The summed E-state index contributed by atoms with van der Waals surface area (Å²) in [6, 6.07) is 14.1. The molecule has 0 aliphatic rings. The number of hydrogen-bond acceptors (Lipinski definition) is 2. The molecule has 0 spiro atoms.